The molecule has 0 aromatic rings. The fourth-order valence-electron chi connectivity index (χ4n) is 1.25. The number of nitrogens with zero attached hydrogens (tertiary/aromatic N) is 1. The topological polar surface area (TPSA) is 29.3 Å². The molecule has 0 aliphatic carbocycles. The van der Waals surface area contributed by atoms with Gasteiger partial charge in [0, 0.05) is 13.1 Å². The summed E-state index contributed by atoms with van der Waals surface area (Å²) < 4.78 is 0. The molecule has 0 amide bonds. The van der Waals surface area contributed by atoms with Gasteiger partial charge >= 0.3 is 0 Å². The van der Waals surface area contributed by atoms with E-state index >= 15 is 0 Å². The highest BCUT2D eigenvalue weighted by molar-refractivity contribution is 5.85. The maximum absolute atomic E-state index is 5.37. The monoisotopic (exact) mass is 186 g/mol. The van der Waals surface area contributed by atoms with E-state index in [9.17, 15) is 0 Å². The first-order valence-electron chi connectivity index (χ1n) is 3.21. The van der Waals surface area contributed by atoms with Crippen molar-refractivity contribution in [1.29, 1.82) is 0 Å². The molecule has 0 spiro atoms. The van der Waals surface area contributed by atoms with Gasteiger partial charge in [-0.3, -0.25) is 0 Å². The summed E-state index contributed by atoms with van der Waals surface area (Å²) in [6, 6.07) is 0. The van der Waals surface area contributed by atoms with E-state index < -0.39 is 0 Å². The minimum atomic E-state index is 0. The molecular weight excluding hydrogens is 171 g/mol. The molecule has 2 nitrogen and oxygen atoms in total. The summed E-state index contributed by atoms with van der Waals surface area (Å²) in [5.74, 6) is 0.907. The Kier molecular flexibility index (Phi) is 8.17. The van der Waals surface area contributed by atoms with Crippen LogP contribution in [0, 0.1) is 5.92 Å². The number of hydrogen-bond donors (Lipinski definition) is 1. The molecule has 0 unspecified atom stereocenters. The molecule has 10 heavy (non-hydrogen) atoms. The Morgan fingerprint density at radius 2 is 1.90 bits per heavy atom. The zero-order valence-corrected chi connectivity index (χ0v) is 7.88. The van der Waals surface area contributed by atoms with Crippen molar-refractivity contribution in [3.63, 3.8) is 0 Å². The third-order valence-electron chi connectivity index (χ3n) is 1.71. The van der Waals surface area contributed by atoms with E-state index in [2.05, 4.69) is 11.9 Å². The van der Waals surface area contributed by atoms with Crippen molar-refractivity contribution in [3.05, 3.63) is 0 Å². The molecule has 1 aliphatic rings. The Bertz CT molecular complexity index is 71.4. The quantitative estimate of drug-likeness (QED) is 0.690. The molecule has 0 aromatic carbocycles. The average molecular weight is 187 g/mol. The Morgan fingerprint density at radius 3 is 2.20 bits per heavy atom. The van der Waals surface area contributed by atoms with Crippen molar-refractivity contribution in [2.45, 2.75) is 6.42 Å². The lowest BCUT2D eigenvalue weighted by molar-refractivity contribution is 0.129. The van der Waals surface area contributed by atoms with Crippen LogP contribution in [0.25, 0.3) is 0 Å². The standard InChI is InChI=1S/C6H14N2.2ClH/c1-8-4-6(5-8)2-3-7;;/h6H,2-5,7H2,1H3;2*1H. The van der Waals surface area contributed by atoms with Gasteiger partial charge in [0.15, 0.2) is 0 Å². The third-order valence-corrected chi connectivity index (χ3v) is 1.71. The molecule has 64 valence electrons. The molecule has 1 rings (SSSR count). The third kappa shape index (κ3) is 3.62. The summed E-state index contributed by atoms with van der Waals surface area (Å²) in [5, 5.41) is 0. The van der Waals surface area contributed by atoms with Gasteiger partial charge in [-0.05, 0) is 25.9 Å². The first-order valence-corrected chi connectivity index (χ1v) is 3.21. The fourth-order valence-corrected chi connectivity index (χ4v) is 1.25. The van der Waals surface area contributed by atoms with Crippen LogP contribution >= 0.6 is 24.8 Å². The first-order chi connectivity index (χ1) is 3.83. The van der Waals surface area contributed by atoms with Crippen LogP contribution in [-0.2, 0) is 0 Å². The Morgan fingerprint density at radius 1 is 1.40 bits per heavy atom. The summed E-state index contributed by atoms with van der Waals surface area (Å²) in [5.41, 5.74) is 5.37. The summed E-state index contributed by atoms with van der Waals surface area (Å²) in [6.07, 6.45) is 1.21. The maximum atomic E-state index is 5.37. The van der Waals surface area contributed by atoms with E-state index in [4.69, 9.17) is 5.73 Å². The molecule has 0 atom stereocenters. The lowest BCUT2D eigenvalue weighted by Crippen LogP contribution is -2.44. The second-order valence-electron chi connectivity index (χ2n) is 2.66. The largest absolute Gasteiger partial charge is 0.330 e. The maximum Gasteiger partial charge on any atom is 0.00194 e. The molecule has 0 aromatic heterocycles. The number of nitrogens with two attached hydrogens (primary N) is 1. The van der Waals surface area contributed by atoms with Gasteiger partial charge in [-0.1, -0.05) is 0 Å². The normalized spacial score (nSPS) is 18.6. The van der Waals surface area contributed by atoms with Crippen LogP contribution in [0.4, 0.5) is 0 Å². The van der Waals surface area contributed by atoms with Gasteiger partial charge in [0.1, 0.15) is 0 Å². The highest BCUT2D eigenvalue weighted by Crippen LogP contribution is 2.14. The highest BCUT2D eigenvalue weighted by atomic mass is 35.5. The smallest absolute Gasteiger partial charge is 0.00194 e. The lowest BCUT2D eigenvalue weighted by Gasteiger charge is -2.35. The van der Waals surface area contributed by atoms with Crippen molar-refractivity contribution >= 4 is 24.8 Å². The zero-order chi connectivity index (χ0) is 5.98. The highest BCUT2D eigenvalue weighted by Gasteiger charge is 2.21. The second kappa shape index (κ2) is 6.23. The van der Waals surface area contributed by atoms with E-state index in [1.807, 2.05) is 0 Å². The van der Waals surface area contributed by atoms with E-state index in [1.54, 1.807) is 0 Å². The van der Waals surface area contributed by atoms with Crippen molar-refractivity contribution in [3.8, 4) is 0 Å². The molecule has 0 saturated carbocycles. The lowest BCUT2D eigenvalue weighted by atomic mass is 9.98. The van der Waals surface area contributed by atoms with Crippen LogP contribution in [-0.4, -0.2) is 31.6 Å². The van der Waals surface area contributed by atoms with Crippen LogP contribution in [0.1, 0.15) is 6.42 Å². The van der Waals surface area contributed by atoms with Crippen LogP contribution in [0.2, 0.25) is 0 Å². The van der Waals surface area contributed by atoms with E-state index in [-0.39, 0.29) is 24.8 Å². The van der Waals surface area contributed by atoms with Gasteiger partial charge in [-0.25, -0.2) is 0 Å². The van der Waals surface area contributed by atoms with Crippen molar-refractivity contribution < 1.29 is 0 Å². The van der Waals surface area contributed by atoms with Crippen molar-refractivity contribution in [2.24, 2.45) is 11.7 Å². The number of halogens is 2. The van der Waals surface area contributed by atoms with E-state index in [0.717, 1.165) is 12.5 Å². The number of likely N-dealkylation sites (tertiary alicyclic amines) is 1. The Hall–Kier alpha value is 0.500. The van der Waals surface area contributed by atoms with Crippen LogP contribution in [0.3, 0.4) is 0 Å². The molecule has 4 heteroatoms. The average Bonchev–Trinajstić information content (AvgIpc) is 1.64. The zero-order valence-electron chi connectivity index (χ0n) is 6.25. The fraction of sp³-hybridized carbons (Fsp3) is 1.00. The van der Waals surface area contributed by atoms with Crippen molar-refractivity contribution in [1.82, 2.24) is 4.90 Å². The summed E-state index contributed by atoms with van der Waals surface area (Å²) in [4.78, 5) is 2.32. The molecule has 1 aliphatic heterocycles. The Balaban J connectivity index is 0. The van der Waals surface area contributed by atoms with Crippen molar-refractivity contribution in [2.75, 3.05) is 26.7 Å². The van der Waals surface area contributed by atoms with Gasteiger partial charge in [0.25, 0.3) is 0 Å². The number of hydrogen-bond acceptors (Lipinski definition) is 2. The molecule has 0 bridgehead atoms. The van der Waals surface area contributed by atoms with Crippen LogP contribution in [0.15, 0.2) is 0 Å². The minimum absolute atomic E-state index is 0. The molecule has 0 radical (unpaired) electrons. The van der Waals surface area contributed by atoms with Gasteiger partial charge in [-0.2, -0.15) is 0 Å². The number of rotatable bonds is 2. The SMILES string of the molecule is CN1CC(CCN)C1.Cl.Cl. The van der Waals surface area contributed by atoms with Crippen LogP contribution in [0.5, 0.6) is 0 Å². The predicted molar refractivity (Wildman–Crippen MR) is 49.2 cm³/mol. The van der Waals surface area contributed by atoms with E-state index in [0.29, 0.717) is 0 Å². The molecule has 2 N–H and O–H groups in total. The molecule has 1 fully saturated rings. The van der Waals surface area contributed by atoms with Gasteiger partial charge in [0.2, 0.25) is 0 Å². The van der Waals surface area contributed by atoms with Gasteiger partial charge in [-0.15, -0.1) is 24.8 Å². The van der Waals surface area contributed by atoms with Gasteiger partial charge in [0.05, 0.1) is 0 Å². The Labute approximate surface area is 75.0 Å². The van der Waals surface area contributed by atoms with Crippen LogP contribution < -0.4 is 5.73 Å². The first kappa shape index (κ1) is 13.1. The summed E-state index contributed by atoms with van der Waals surface area (Å²) in [7, 11) is 2.15. The summed E-state index contributed by atoms with van der Waals surface area (Å²) >= 11 is 0. The second-order valence-corrected chi connectivity index (χ2v) is 2.66. The van der Waals surface area contributed by atoms with E-state index in [1.165, 1.54) is 19.5 Å². The molecule has 1 heterocycles. The molecule has 1 saturated heterocycles. The summed E-state index contributed by atoms with van der Waals surface area (Å²) in [6.45, 7) is 3.38. The predicted octanol–water partition coefficient (Wildman–Crippen LogP) is 0.740. The minimum Gasteiger partial charge on any atom is -0.330 e. The molecular formula is C6H16Cl2N2. The van der Waals surface area contributed by atoms with Gasteiger partial charge < -0.3 is 10.6 Å².